The molecule has 19 heteroatoms. The van der Waals surface area contributed by atoms with E-state index in [-0.39, 0.29) is 25.7 Å². The summed E-state index contributed by atoms with van der Waals surface area (Å²) in [6.07, 6.45) is 57.2. The van der Waals surface area contributed by atoms with Gasteiger partial charge in [0, 0.05) is 25.7 Å². The Kier molecular flexibility index (Phi) is 68.7. The van der Waals surface area contributed by atoms with E-state index in [0.717, 1.165) is 114 Å². The number of esters is 4. The summed E-state index contributed by atoms with van der Waals surface area (Å²) in [6, 6.07) is 0. The standard InChI is InChI=1S/C81H158O17P2/c1-71(2)57-49-41-33-27-22-18-14-11-9-10-12-16-21-25-31-37-47-55-63-80(85)98-77(68-92-79(84)62-54-46-40-39-44-52-60-74(7)8)70-96-100(89,90)94-66-75(82)65-93-99(87,88)95-69-76(97-81(86)64-56-48-38-32-26-29-35-43-51-59-73(5)6)67-91-78(83)61-53-45-36-30-24-20-17-13-15-19-23-28-34-42-50-58-72(3)4/h71-77,82H,9-70H2,1-8H3,(H,87,88)(H,89,90)/t75?,76-,77-/m1/s1. The molecule has 0 saturated heterocycles. The lowest BCUT2D eigenvalue weighted by Crippen LogP contribution is -2.30. The van der Waals surface area contributed by atoms with Crippen LogP contribution in [0, 0.1) is 23.7 Å². The molecule has 594 valence electrons. The lowest BCUT2D eigenvalue weighted by molar-refractivity contribution is -0.161. The van der Waals surface area contributed by atoms with Crippen LogP contribution < -0.4 is 0 Å². The molecule has 0 spiro atoms. The van der Waals surface area contributed by atoms with Crippen LogP contribution >= 0.6 is 15.6 Å². The molecule has 0 bridgehead atoms. The maximum Gasteiger partial charge on any atom is 0.472 e. The van der Waals surface area contributed by atoms with E-state index in [1.807, 2.05) is 0 Å². The zero-order valence-electron chi connectivity index (χ0n) is 65.8. The van der Waals surface area contributed by atoms with Gasteiger partial charge in [0.05, 0.1) is 26.4 Å². The average molecular weight is 1470 g/mol. The van der Waals surface area contributed by atoms with Crippen LogP contribution in [0.2, 0.25) is 0 Å². The zero-order chi connectivity index (χ0) is 73.8. The monoisotopic (exact) mass is 1470 g/mol. The number of phosphoric acid groups is 2. The number of aliphatic hydroxyl groups is 1. The van der Waals surface area contributed by atoms with Gasteiger partial charge in [-0.05, 0) is 49.4 Å². The largest absolute Gasteiger partial charge is 0.472 e. The third kappa shape index (κ3) is 74.3. The van der Waals surface area contributed by atoms with Crippen molar-refractivity contribution in [1.82, 2.24) is 0 Å². The van der Waals surface area contributed by atoms with Crippen molar-refractivity contribution in [2.24, 2.45) is 23.7 Å². The number of unbranched alkanes of at least 4 members (excludes halogenated alkanes) is 44. The summed E-state index contributed by atoms with van der Waals surface area (Å²) in [6.45, 7) is 14.2. The maximum absolute atomic E-state index is 13.1. The van der Waals surface area contributed by atoms with E-state index in [1.165, 1.54) is 212 Å². The quantitative estimate of drug-likeness (QED) is 0.0222. The summed E-state index contributed by atoms with van der Waals surface area (Å²) in [5.41, 5.74) is 0. The third-order valence-corrected chi connectivity index (χ3v) is 20.7. The van der Waals surface area contributed by atoms with Crippen LogP contribution in [0.5, 0.6) is 0 Å². The highest BCUT2D eigenvalue weighted by atomic mass is 31.2. The van der Waals surface area contributed by atoms with Crippen molar-refractivity contribution in [2.75, 3.05) is 39.6 Å². The SMILES string of the molecule is CC(C)CCCCCCCCCCCCCCCCCCCCC(=O)O[C@H](COC(=O)CCCCCCCCC(C)C)COP(=O)(O)OCC(O)COP(=O)(O)OC[C@@H](COC(=O)CCCCCCCCCCCCCCCCCC(C)C)OC(=O)CCCCCCCCCCCC(C)C. The number of hydrogen-bond acceptors (Lipinski definition) is 15. The first-order chi connectivity index (χ1) is 48.1. The summed E-state index contributed by atoms with van der Waals surface area (Å²) in [5.74, 6) is 0.925. The minimum absolute atomic E-state index is 0.105. The van der Waals surface area contributed by atoms with Crippen molar-refractivity contribution < 1.29 is 80.2 Å². The fourth-order valence-corrected chi connectivity index (χ4v) is 14.0. The van der Waals surface area contributed by atoms with Crippen LogP contribution in [0.15, 0.2) is 0 Å². The van der Waals surface area contributed by atoms with Gasteiger partial charge < -0.3 is 33.8 Å². The molecule has 0 rings (SSSR count). The first-order valence-electron chi connectivity index (χ1n) is 41.7. The first-order valence-corrected chi connectivity index (χ1v) is 44.7. The lowest BCUT2D eigenvalue weighted by Gasteiger charge is -2.21. The van der Waals surface area contributed by atoms with Crippen molar-refractivity contribution in [3.8, 4) is 0 Å². The van der Waals surface area contributed by atoms with Crippen LogP contribution in [0.3, 0.4) is 0 Å². The molecule has 3 unspecified atom stereocenters. The van der Waals surface area contributed by atoms with Gasteiger partial charge in [-0.15, -0.1) is 0 Å². The number of hydrogen-bond donors (Lipinski definition) is 3. The molecule has 0 aromatic carbocycles. The molecule has 0 aromatic heterocycles. The Morgan fingerprint density at radius 1 is 0.250 bits per heavy atom. The summed E-state index contributed by atoms with van der Waals surface area (Å²) >= 11 is 0. The molecule has 3 N–H and O–H groups in total. The lowest BCUT2D eigenvalue weighted by atomic mass is 10.0. The molecule has 0 amide bonds. The van der Waals surface area contributed by atoms with Crippen molar-refractivity contribution in [2.45, 2.75) is 433 Å². The highest BCUT2D eigenvalue weighted by Gasteiger charge is 2.30. The summed E-state index contributed by atoms with van der Waals surface area (Å²) in [7, 11) is -9.92. The average Bonchev–Trinajstić information content (AvgIpc) is 0.954. The van der Waals surface area contributed by atoms with Gasteiger partial charge in [0.2, 0.25) is 0 Å². The molecule has 0 heterocycles. The van der Waals surface area contributed by atoms with E-state index in [0.29, 0.717) is 31.6 Å². The van der Waals surface area contributed by atoms with Gasteiger partial charge in [-0.2, -0.15) is 0 Å². The Morgan fingerprint density at radius 2 is 0.420 bits per heavy atom. The van der Waals surface area contributed by atoms with Gasteiger partial charge in [-0.3, -0.25) is 37.3 Å². The second-order valence-corrected chi connectivity index (χ2v) is 34.0. The highest BCUT2D eigenvalue weighted by molar-refractivity contribution is 7.47. The Hall–Kier alpha value is -1.94. The molecular formula is C81H158O17P2. The van der Waals surface area contributed by atoms with E-state index in [4.69, 9.17) is 37.0 Å². The minimum Gasteiger partial charge on any atom is -0.462 e. The number of rotatable bonds is 78. The predicted molar refractivity (Wildman–Crippen MR) is 409 cm³/mol. The van der Waals surface area contributed by atoms with E-state index in [1.54, 1.807) is 0 Å². The molecule has 0 aliphatic carbocycles. The van der Waals surface area contributed by atoms with Gasteiger partial charge in [-0.1, -0.05) is 364 Å². The van der Waals surface area contributed by atoms with Gasteiger partial charge in [0.15, 0.2) is 12.2 Å². The van der Waals surface area contributed by atoms with Gasteiger partial charge in [0.1, 0.15) is 19.3 Å². The molecular weight excluding hydrogens is 1310 g/mol. The number of carbonyl (C=O) groups is 4. The number of ether oxygens (including phenoxy) is 4. The Morgan fingerprint density at radius 3 is 0.620 bits per heavy atom. The predicted octanol–water partition coefficient (Wildman–Crippen LogP) is 24.0. The summed E-state index contributed by atoms with van der Waals surface area (Å²) in [4.78, 5) is 72.9. The first kappa shape index (κ1) is 98.1. The Balaban J connectivity index is 5.16. The van der Waals surface area contributed by atoms with Gasteiger partial charge in [0.25, 0.3) is 0 Å². The minimum atomic E-state index is -4.96. The molecule has 0 aliphatic heterocycles. The molecule has 5 atom stereocenters. The fraction of sp³-hybridized carbons (Fsp3) is 0.951. The van der Waals surface area contributed by atoms with E-state index in [9.17, 15) is 43.2 Å². The van der Waals surface area contributed by atoms with Crippen LogP contribution in [-0.4, -0.2) is 96.7 Å². The van der Waals surface area contributed by atoms with Crippen LogP contribution in [0.25, 0.3) is 0 Å². The zero-order valence-corrected chi connectivity index (χ0v) is 67.6. The number of phosphoric ester groups is 2. The van der Waals surface area contributed by atoms with Gasteiger partial charge >= 0.3 is 39.5 Å². The smallest absolute Gasteiger partial charge is 0.462 e. The van der Waals surface area contributed by atoms with Crippen LogP contribution in [-0.2, 0) is 65.4 Å². The molecule has 100 heavy (non-hydrogen) atoms. The fourth-order valence-electron chi connectivity index (χ4n) is 12.4. The van der Waals surface area contributed by atoms with Crippen molar-refractivity contribution in [3.63, 3.8) is 0 Å². The summed E-state index contributed by atoms with van der Waals surface area (Å²) < 4.78 is 68.6. The summed E-state index contributed by atoms with van der Waals surface area (Å²) in [5, 5.41) is 10.6. The molecule has 0 aromatic rings. The van der Waals surface area contributed by atoms with Crippen molar-refractivity contribution >= 4 is 39.5 Å². The van der Waals surface area contributed by atoms with Crippen LogP contribution in [0.1, 0.15) is 415 Å². The van der Waals surface area contributed by atoms with Crippen molar-refractivity contribution in [1.29, 1.82) is 0 Å². The molecule has 0 fully saturated rings. The number of carbonyl (C=O) groups excluding carboxylic acids is 4. The van der Waals surface area contributed by atoms with E-state index < -0.39 is 97.5 Å². The van der Waals surface area contributed by atoms with E-state index >= 15 is 0 Å². The topological polar surface area (TPSA) is 237 Å². The normalized spacial score (nSPS) is 14.0. The third-order valence-electron chi connectivity index (χ3n) is 18.8. The molecule has 0 radical (unpaired) electrons. The van der Waals surface area contributed by atoms with Gasteiger partial charge in [-0.25, -0.2) is 9.13 Å². The van der Waals surface area contributed by atoms with E-state index in [2.05, 4.69) is 55.4 Å². The molecule has 0 saturated carbocycles. The maximum atomic E-state index is 13.1. The van der Waals surface area contributed by atoms with Crippen LogP contribution in [0.4, 0.5) is 0 Å². The Bertz CT molecular complexity index is 1950. The highest BCUT2D eigenvalue weighted by Crippen LogP contribution is 2.45. The number of aliphatic hydroxyl groups excluding tert-OH is 1. The van der Waals surface area contributed by atoms with Crippen molar-refractivity contribution in [3.05, 3.63) is 0 Å². The second-order valence-electron chi connectivity index (χ2n) is 31.1. The molecule has 17 nitrogen and oxygen atoms in total. The molecule has 0 aliphatic rings. The Labute approximate surface area is 613 Å². The second kappa shape index (κ2) is 70.1.